The van der Waals surface area contributed by atoms with Crippen LogP contribution in [0.2, 0.25) is 0 Å². The number of rotatable bonds is 9. The van der Waals surface area contributed by atoms with E-state index >= 15 is 0 Å². The van der Waals surface area contributed by atoms with Crippen LogP contribution >= 0.6 is 23.5 Å². The Labute approximate surface area is 321 Å². The Bertz CT molecular complexity index is 2380. The van der Waals surface area contributed by atoms with Crippen LogP contribution in [0.4, 0.5) is 26.3 Å². The van der Waals surface area contributed by atoms with Crippen LogP contribution in [0.25, 0.3) is 11.3 Å². The molecule has 0 amide bonds. The number of benzene rings is 2. The van der Waals surface area contributed by atoms with Gasteiger partial charge < -0.3 is 9.84 Å². The number of carbonyl (C=O) groups excluding carboxylic acids is 1. The summed E-state index contributed by atoms with van der Waals surface area (Å²) in [5.74, 6) is 13.0. The van der Waals surface area contributed by atoms with Gasteiger partial charge in [-0.2, -0.15) is 38.1 Å². The van der Waals surface area contributed by atoms with Crippen molar-refractivity contribution in [3.63, 3.8) is 0 Å². The number of imidazole rings is 2. The number of esters is 1. The molecule has 0 fully saturated rings. The standard InChI is InChI=1S/C21H17F3N2O2S.C19H15F3N2OS/c1-2-28-20(27)14-29-13-17-18(26-11-4-3-8-19(26)25-17)10-9-15-6-5-7-16(12-15)21(22,23)24;20-19(21,22)15-5-3-4-14(12-15)7-8-17-16(13-26-11-10-25)23-18-6-1-2-9-24(17)18/h3-8,11-12H,2,13-14H2,1H3;1-6,9,12,25H,10-11,13H2. The van der Waals surface area contributed by atoms with Crippen molar-refractivity contribution in [1.29, 1.82) is 0 Å². The Hall–Kier alpha value is -5.35. The van der Waals surface area contributed by atoms with E-state index in [-0.39, 0.29) is 23.9 Å². The molecule has 0 aliphatic rings. The van der Waals surface area contributed by atoms with Crippen molar-refractivity contribution in [2.75, 3.05) is 24.7 Å². The fraction of sp³-hybridized carbons (Fsp3) is 0.225. The Balaban J connectivity index is 0.000000212. The van der Waals surface area contributed by atoms with Gasteiger partial charge in [-0.15, -0.1) is 11.8 Å². The van der Waals surface area contributed by atoms with Crippen LogP contribution in [0.5, 0.6) is 0 Å². The number of fused-ring (bicyclic) bond motifs is 2. The maximum atomic E-state index is 12.9. The fourth-order valence-corrected chi connectivity index (χ4v) is 6.45. The average molecular weight is 795 g/mol. The molecule has 7 nitrogen and oxygen atoms in total. The van der Waals surface area contributed by atoms with E-state index < -0.39 is 23.5 Å². The second kappa shape index (κ2) is 18.8. The molecule has 2 aromatic carbocycles. The van der Waals surface area contributed by atoms with Gasteiger partial charge in [0.05, 0.1) is 41.5 Å². The molecular formula is C40H32F6N4O3S2. The van der Waals surface area contributed by atoms with Crippen molar-refractivity contribution in [3.05, 3.63) is 142 Å². The van der Waals surface area contributed by atoms with Crippen molar-refractivity contribution >= 4 is 40.8 Å². The molecule has 0 unspecified atom stereocenters. The summed E-state index contributed by atoms with van der Waals surface area (Å²) in [6.07, 6.45) is -5.21. The van der Waals surface area contributed by atoms with Gasteiger partial charge in [-0.1, -0.05) is 36.1 Å². The van der Waals surface area contributed by atoms with Crippen LogP contribution in [-0.2, 0) is 33.4 Å². The van der Waals surface area contributed by atoms with Crippen molar-refractivity contribution in [1.82, 2.24) is 18.8 Å². The molecule has 0 bridgehead atoms. The first-order valence-corrected chi connectivity index (χ1v) is 18.9. The molecule has 0 aliphatic carbocycles. The minimum Gasteiger partial charge on any atom is -0.465 e. The van der Waals surface area contributed by atoms with E-state index in [0.717, 1.165) is 35.6 Å². The van der Waals surface area contributed by atoms with Crippen LogP contribution in [0, 0.1) is 23.7 Å². The topological polar surface area (TPSA) is 81.1 Å². The lowest BCUT2D eigenvalue weighted by molar-refractivity contribution is -0.140. The van der Waals surface area contributed by atoms with E-state index in [0.29, 0.717) is 52.2 Å². The van der Waals surface area contributed by atoms with Crippen molar-refractivity contribution in [2.45, 2.75) is 30.8 Å². The third kappa shape index (κ3) is 11.3. The molecule has 6 rings (SSSR count). The normalized spacial score (nSPS) is 11.3. The van der Waals surface area contributed by atoms with Gasteiger partial charge in [0.25, 0.3) is 0 Å². The van der Waals surface area contributed by atoms with Gasteiger partial charge in [0.1, 0.15) is 22.7 Å². The summed E-state index contributed by atoms with van der Waals surface area (Å²) in [7, 11) is 0. The number of halogens is 6. The molecule has 55 heavy (non-hydrogen) atoms. The highest BCUT2D eigenvalue weighted by molar-refractivity contribution is 7.99. The highest BCUT2D eigenvalue weighted by Gasteiger charge is 2.31. The van der Waals surface area contributed by atoms with Crippen LogP contribution < -0.4 is 0 Å². The minimum absolute atomic E-state index is 0.0727. The first-order chi connectivity index (χ1) is 26.4. The second-order valence-corrected chi connectivity index (χ2v) is 13.5. The Morgan fingerprint density at radius 2 is 1.20 bits per heavy atom. The zero-order valence-electron chi connectivity index (χ0n) is 29.1. The molecule has 4 aromatic heterocycles. The lowest BCUT2D eigenvalue weighted by atomic mass is 10.1. The molecule has 0 aliphatic heterocycles. The van der Waals surface area contributed by atoms with E-state index in [2.05, 4.69) is 33.6 Å². The summed E-state index contributed by atoms with van der Waals surface area (Å²) >= 11 is 2.87. The van der Waals surface area contributed by atoms with Gasteiger partial charge in [0.15, 0.2) is 0 Å². The highest BCUT2D eigenvalue weighted by Crippen LogP contribution is 2.30. The van der Waals surface area contributed by atoms with E-state index in [1.807, 2.05) is 47.0 Å². The molecule has 1 N–H and O–H groups in total. The molecule has 6 aromatic rings. The van der Waals surface area contributed by atoms with E-state index in [1.54, 1.807) is 23.6 Å². The number of ether oxygens (including phenoxy) is 1. The van der Waals surface area contributed by atoms with Gasteiger partial charge in [-0.05, 0) is 79.4 Å². The molecule has 15 heteroatoms. The maximum Gasteiger partial charge on any atom is 0.416 e. The van der Waals surface area contributed by atoms with Crippen LogP contribution in [0.15, 0.2) is 97.3 Å². The first-order valence-electron chi connectivity index (χ1n) is 16.6. The van der Waals surface area contributed by atoms with Gasteiger partial charge in [0.2, 0.25) is 0 Å². The van der Waals surface area contributed by atoms with Gasteiger partial charge >= 0.3 is 18.3 Å². The largest absolute Gasteiger partial charge is 0.465 e. The SMILES string of the molecule is CCOC(=O)CSCc1nc2ccccn2c1C#Cc1cccc(C(F)(F)F)c1.OCCSCc1nc2ccccn2c1C#Cc1cccc(C(F)(F)F)c1. The summed E-state index contributed by atoms with van der Waals surface area (Å²) in [4.78, 5) is 20.6. The zero-order chi connectivity index (χ0) is 39.4. The molecule has 0 radical (unpaired) electrons. The summed E-state index contributed by atoms with van der Waals surface area (Å²) in [5, 5.41) is 8.93. The predicted octanol–water partition coefficient (Wildman–Crippen LogP) is 8.53. The average Bonchev–Trinajstić information content (AvgIpc) is 3.70. The summed E-state index contributed by atoms with van der Waals surface area (Å²) < 4.78 is 85.8. The van der Waals surface area contributed by atoms with Gasteiger partial charge in [-0.3, -0.25) is 13.6 Å². The molecule has 0 saturated carbocycles. The molecule has 4 heterocycles. The van der Waals surface area contributed by atoms with Crippen LogP contribution in [0.3, 0.4) is 0 Å². The number of aliphatic hydroxyl groups is 1. The van der Waals surface area contributed by atoms with E-state index in [4.69, 9.17) is 9.84 Å². The summed E-state index contributed by atoms with van der Waals surface area (Å²) in [6, 6.07) is 20.9. The lowest BCUT2D eigenvalue weighted by Crippen LogP contribution is -2.07. The quantitative estimate of drug-likeness (QED) is 0.0681. The Morgan fingerprint density at radius 1 is 0.709 bits per heavy atom. The number of thioether (sulfide) groups is 2. The van der Waals surface area contributed by atoms with Crippen molar-refractivity contribution in [3.8, 4) is 23.7 Å². The van der Waals surface area contributed by atoms with Crippen molar-refractivity contribution in [2.24, 2.45) is 0 Å². The number of aliphatic hydroxyl groups excluding tert-OH is 1. The molecule has 0 spiro atoms. The van der Waals surface area contributed by atoms with Crippen molar-refractivity contribution < 1.29 is 41.0 Å². The maximum absolute atomic E-state index is 12.9. The number of carbonyl (C=O) groups is 1. The Kier molecular flexibility index (Phi) is 14.0. The number of aromatic nitrogens is 4. The third-order valence-corrected chi connectivity index (χ3v) is 9.34. The van der Waals surface area contributed by atoms with E-state index in [1.165, 1.54) is 41.7 Å². The summed E-state index contributed by atoms with van der Waals surface area (Å²) in [6.45, 7) is 2.14. The minimum atomic E-state index is -4.42. The number of alkyl halides is 6. The van der Waals surface area contributed by atoms with Gasteiger partial charge in [0, 0.05) is 40.8 Å². The number of hydrogen-bond donors (Lipinski definition) is 1. The summed E-state index contributed by atoms with van der Waals surface area (Å²) in [5.41, 5.74) is 3.11. The number of hydrogen-bond acceptors (Lipinski definition) is 7. The van der Waals surface area contributed by atoms with Crippen LogP contribution in [-0.4, -0.2) is 54.6 Å². The Morgan fingerprint density at radius 3 is 1.65 bits per heavy atom. The smallest absolute Gasteiger partial charge is 0.416 e. The molecule has 0 saturated heterocycles. The third-order valence-electron chi connectivity index (χ3n) is 7.47. The van der Waals surface area contributed by atoms with E-state index in [9.17, 15) is 31.1 Å². The molecular weight excluding hydrogens is 763 g/mol. The zero-order valence-corrected chi connectivity index (χ0v) is 30.8. The fourth-order valence-electron chi connectivity index (χ4n) is 5.03. The lowest BCUT2D eigenvalue weighted by Gasteiger charge is -2.05. The first kappa shape index (κ1) is 40.8. The monoisotopic (exact) mass is 794 g/mol. The molecule has 284 valence electrons. The number of pyridine rings is 2. The highest BCUT2D eigenvalue weighted by atomic mass is 32.2. The second-order valence-electron chi connectivity index (χ2n) is 11.4. The molecule has 0 atom stereocenters. The predicted molar refractivity (Wildman–Crippen MR) is 201 cm³/mol. The van der Waals surface area contributed by atoms with Gasteiger partial charge in [-0.25, -0.2) is 9.97 Å². The van der Waals surface area contributed by atoms with Crippen LogP contribution in [0.1, 0.15) is 52.0 Å². The number of nitrogens with zero attached hydrogens (tertiary/aromatic N) is 4.